The van der Waals surface area contributed by atoms with Gasteiger partial charge < -0.3 is 19.3 Å². The minimum absolute atomic E-state index is 0.238. The Labute approximate surface area is 215 Å². The third kappa shape index (κ3) is 4.78. The molecule has 5 rings (SSSR count). The maximum absolute atomic E-state index is 13.4. The van der Waals surface area contributed by atoms with Crippen molar-refractivity contribution >= 4 is 17.3 Å². The Kier molecular flexibility index (Phi) is 6.64. The van der Waals surface area contributed by atoms with Crippen LogP contribution in [0.3, 0.4) is 0 Å². The lowest BCUT2D eigenvalue weighted by molar-refractivity contribution is 0.244. The van der Waals surface area contributed by atoms with Crippen LogP contribution in [0.2, 0.25) is 0 Å². The molecule has 0 bridgehead atoms. The van der Waals surface area contributed by atoms with E-state index in [0.717, 1.165) is 28.1 Å². The number of aromatic nitrogens is 2. The van der Waals surface area contributed by atoms with Crippen LogP contribution in [0.1, 0.15) is 36.9 Å². The number of amides is 2. The summed E-state index contributed by atoms with van der Waals surface area (Å²) >= 11 is 0. The second-order valence-electron chi connectivity index (χ2n) is 8.71. The first-order chi connectivity index (χ1) is 18.0. The summed E-state index contributed by atoms with van der Waals surface area (Å²) < 4.78 is 16.7. The number of hydrogen-bond acceptors (Lipinski definition) is 6. The van der Waals surface area contributed by atoms with E-state index in [4.69, 9.17) is 19.0 Å². The summed E-state index contributed by atoms with van der Waals surface area (Å²) in [6, 6.07) is 22.2. The topological polar surface area (TPSA) is 89.7 Å². The van der Waals surface area contributed by atoms with Crippen LogP contribution in [0, 0.1) is 6.92 Å². The zero-order chi connectivity index (χ0) is 25.9. The Morgan fingerprint density at radius 3 is 2.51 bits per heavy atom. The van der Waals surface area contributed by atoms with Crippen LogP contribution >= 0.6 is 0 Å². The molecule has 0 saturated heterocycles. The van der Waals surface area contributed by atoms with Crippen molar-refractivity contribution in [2.45, 2.75) is 26.8 Å². The van der Waals surface area contributed by atoms with E-state index in [9.17, 15) is 4.79 Å². The number of aryl methyl sites for hydroxylation is 1. The molecule has 1 aliphatic heterocycles. The summed E-state index contributed by atoms with van der Waals surface area (Å²) in [5.41, 5.74) is 4.86. The number of allylic oxidation sites excluding steroid dienone is 1. The number of methoxy groups -OCH3 is 1. The summed E-state index contributed by atoms with van der Waals surface area (Å²) in [6.45, 7) is 6.40. The molecule has 0 aliphatic carbocycles. The first-order valence-electron chi connectivity index (χ1n) is 12.1. The molecule has 2 amide bonds. The third-order valence-corrected chi connectivity index (χ3v) is 6.25. The SMILES string of the molecule is CCOc1ccc(C2NC(=O)N(c3cccc(C)c3)C(C)=C2c2nc(-c3cccc(OC)c3)no2)cc1. The minimum Gasteiger partial charge on any atom is -0.497 e. The van der Waals surface area contributed by atoms with Gasteiger partial charge in [0.25, 0.3) is 5.89 Å². The van der Waals surface area contributed by atoms with Gasteiger partial charge in [-0.05, 0) is 68.3 Å². The molecule has 0 spiro atoms. The molecule has 0 fully saturated rings. The number of anilines is 1. The highest BCUT2D eigenvalue weighted by Gasteiger charge is 2.36. The first kappa shape index (κ1) is 24.1. The van der Waals surface area contributed by atoms with E-state index in [-0.39, 0.29) is 6.03 Å². The number of urea groups is 1. The fraction of sp³-hybridized carbons (Fsp3) is 0.207. The lowest BCUT2D eigenvalue weighted by atomic mass is 9.94. The number of rotatable bonds is 7. The van der Waals surface area contributed by atoms with Gasteiger partial charge in [0.15, 0.2) is 0 Å². The molecule has 37 heavy (non-hydrogen) atoms. The van der Waals surface area contributed by atoms with E-state index in [2.05, 4.69) is 10.5 Å². The molecule has 8 heteroatoms. The largest absolute Gasteiger partial charge is 0.497 e. The fourth-order valence-electron chi connectivity index (χ4n) is 4.48. The molecule has 188 valence electrons. The number of benzene rings is 3. The second kappa shape index (κ2) is 10.2. The van der Waals surface area contributed by atoms with Crippen molar-refractivity contribution in [3.63, 3.8) is 0 Å². The molecule has 1 unspecified atom stereocenters. The summed E-state index contributed by atoms with van der Waals surface area (Å²) in [5, 5.41) is 7.38. The molecular formula is C29H28N4O4. The van der Waals surface area contributed by atoms with Crippen LogP contribution in [0.5, 0.6) is 11.5 Å². The number of nitrogens with one attached hydrogen (secondary N) is 1. The molecule has 8 nitrogen and oxygen atoms in total. The van der Waals surface area contributed by atoms with E-state index in [1.54, 1.807) is 12.0 Å². The van der Waals surface area contributed by atoms with Crippen molar-refractivity contribution in [2.24, 2.45) is 0 Å². The Balaban J connectivity index is 1.62. The molecule has 1 N–H and O–H groups in total. The smallest absolute Gasteiger partial charge is 0.326 e. The summed E-state index contributed by atoms with van der Waals surface area (Å²) in [7, 11) is 1.61. The predicted octanol–water partition coefficient (Wildman–Crippen LogP) is 6.15. The molecule has 2 heterocycles. The van der Waals surface area contributed by atoms with E-state index in [1.807, 2.05) is 93.6 Å². The Bertz CT molecular complexity index is 1460. The van der Waals surface area contributed by atoms with E-state index in [1.165, 1.54) is 0 Å². The average Bonchev–Trinajstić information content (AvgIpc) is 3.39. The van der Waals surface area contributed by atoms with Crippen LogP contribution in [-0.2, 0) is 0 Å². The maximum atomic E-state index is 13.4. The number of hydrogen-bond donors (Lipinski definition) is 1. The molecule has 1 aliphatic rings. The second-order valence-corrected chi connectivity index (χ2v) is 8.71. The van der Waals surface area contributed by atoms with Crippen molar-refractivity contribution in [1.82, 2.24) is 15.5 Å². The van der Waals surface area contributed by atoms with Crippen molar-refractivity contribution in [1.29, 1.82) is 0 Å². The lowest BCUT2D eigenvalue weighted by Gasteiger charge is -2.35. The zero-order valence-electron chi connectivity index (χ0n) is 21.2. The van der Waals surface area contributed by atoms with Gasteiger partial charge in [0.05, 0.1) is 31.0 Å². The quantitative estimate of drug-likeness (QED) is 0.330. The molecule has 0 radical (unpaired) electrons. The van der Waals surface area contributed by atoms with Gasteiger partial charge >= 0.3 is 6.03 Å². The van der Waals surface area contributed by atoms with Crippen LogP contribution in [-0.4, -0.2) is 29.9 Å². The van der Waals surface area contributed by atoms with Gasteiger partial charge in [0.1, 0.15) is 11.5 Å². The van der Waals surface area contributed by atoms with Crippen LogP contribution in [0.4, 0.5) is 10.5 Å². The van der Waals surface area contributed by atoms with Crippen molar-refractivity contribution < 1.29 is 18.8 Å². The van der Waals surface area contributed by atoms with E-state index in [0.29, 0.717) is 35.3 Å². The van der Waals surface area contributed by atoms with Crippen LogP contribution in [0.25, 0.3) is 17.0 Å². The van der Waals surface area contributed by atoms with E-state index >= 15 is 0 Å². The van der Waals surface area contributed by atoms with Gasteiger partial charge in [-0.25, -0.2) is 4.79 Å². The Hall–Kier alpha value is -4.59. The Morgan fingerprint density at radius 1 is 1.00 bits per heavy atom. The van der Waals surface area contributed by atoms with Crippen LogP contribution < -0.4 is 19.7 Å². The van der Waals surface area contributed by atoms with E-state index < -0.39 is 6.04 Å². The van der Waals surface area contributed by atoms with Crippen molar-refractivity contribution in [3.8, 4) is 22.9 Å². The summed E-state index contributed by atoms with van der Waals surface area (Å²) in [6.07, 6.45) is 0. The minimum atomic E-state index is -0.497. The molecule has 1 atom stereocenters. The average molecular weight is 497 g/mol. The van der Waals surface area contributed by atoms with Crippen LogP contribution in [0.15, 0.2) is 83.0 Å². The number of ether oxygens (including phenoxy) is 2. The van der Waals surface area contributed by atoms with Gasteiger partial charge in [-0.2, -0.15) is 4.98 Å². The number of carbonyl (C=O) groups excluding carboxylic acids is 1. The Morgan fingerprint density at radius 2 is 1.78 bits per heavy atom. The molecular weight excluding hydrogens is 468 g/mol. The van der Waals surface area contributed by atoms with Gasteiger partial charge in [0, 0.05) is 11.3 Å². The third-order valence-electron chi connectivity index (χ3n) is 6.25. The van der Waals surface area contributed by atoms with Crippen molar-refractivity contribution in [3.05, 3.63) is 95.5 Å². The molecule has 3 aromatic carbocycles. The molecule has 0 saturated carbocycles. The summed E-state index contributed by atoms with van der Waals surface area (Å²) in [4.78, 5) is 19.8. The van der Waals surface area contributed by atoms with Gasteiger partial charge in [-0.15, -0.1) is 0 Å². The van der Waals surface area contributed by atoms with Gasteiger partial charge in [-0.1, -0.05) is 41.6 Å². The monoisotopic (exact) mass is 496 g/mol. The number of nitrogens with zero attached hydrogens (tertiary/aromatic N) is 3. The first-order valence-corrected chi connectivity index (χ1v) is 12.1. The van der Waals surface area contributed by atoms with Crippen molar-refractivity contribution in [2.75, 3.05) is 18.6 Å². The maximum Gasteiger partial charge on any atom is 0.326 e. The standard InChI is InChI=1S/C29H28N4O4/c1-5-36-23-14-12-20(13-15-23)26-25(19(3)33(29(34)30-26)22-10-6-8-18(2)16-22)28-31-27(32-37-28)21-9-7-11-24(17-21)35-4/h6-17,26H,5H2,1-4H3,(H,30,34). The fourth-order valence-corrected chi connectivity index (χ4v) is 4.48. The zero-order valence-corrected chi connectivity index (χ0v) is 21.2. The molecule has 1 aromatic heterocycles. The predicted molar refractivity (Wildman–Crippen MR) is 141 cm³/mol. The van der Waals surface area contributed by atoms with Gasteiger partial charge in [-0.3, -0.25) is 4.90 Å². The highest BCUT2D eigenvalue weighted by atomic mass is 16.5. The highest BCUT2D eigenvalue weighted by molar-refractivity contribution is 6.01. The lowest BCUT2D eigenvalue weighted by Crippen LogP contribution is -2.46. The highest BCUT2D eigenvalue weighted by Crippen LogP contribution is 2.39. The number of carbonyl (C=O) groups is 1. The normalized spacial score (nSPS) is 15.5. The molecule has 4 aromatic rings. The van der Waals surface area contributed by atoms with Gasteiger partial charge in [0.2, 0.25) is 5.82 Å². The summed E-state index contributed by atoms with van der Waals surface area (Å²) in [5.74, 6) is 2.21.